The predicted octanol–water partition coefficient (Wildman–Crippen LogP) is 6.31. The van der Waals surface area contributed by atoms with Gasteiger partial charge in [-0.25, -0.2) is 4.79 Å². The van der Waals surface area contributed by atoms with Gasteiger partial charge in [-0.05, 0) is 54.4 Å². The Morgan fingerprint density at radius 1 is 1.17 bits per heavy atom. The van der Waals surface area contributed by atoms with E-state index in [1.807, 2.05) is 42.5 Å². The number of hydrogen-bond acceptors (Lipinski definition) is 4. The molecule has 5 nitrogen and oxygen atoms in total. The largest absolute Gasteiger partial charge is 0.493 e. The second-order valence-corrected chi connectivity index (χ2v) is 7.90. The summed E-state index contributed by atoms with van der Waals surface area (Å²) in [4.78, 5) is 11.4. The van der Waals surface area contributed by atoms with E-state index in [0.29, 0.717) is 35.2 Å². The molecule has 30 heavy (non-hydrogen) atoms. The monoisotopic (exact) mass is 489 g/mol. The van der Waals surface area contributed by atoms with E-state index in [-0.39, 0.29) is 5.56 Å². The zero-order valence-electron chi connectivity index (χ0n) is 16.5. The molecule has 3 aromatic carbocycles. The van der Waals surface area contributed by atoms with Gasteiger partial charge in [0.25, 0.3) is 0 Å². The minimum Gasteiger partial charge on any atom is -0.493 e. The van der Waals surface area contributed by atoms with Crippen molar-refractivity contribution in [3.05, 3.63) is 86.3 Å². The first-order valence-corrected chi connectivity index (χ1v) is 10.4. The van der Waals surface area contributed by atoms with Gasteiger partial charge in [0.2, 0.25) is 0 Å². The minimum atomic E-state index is -0.954. The molecule has 0 unspecified atom stereocenters. The fourth-order valence-electron chi connectivity index (χ4n) is 3.09. The number of nitrogens with one attached hydrogen (secondary N) is 1. The molecule has 0 bridgehead atoms. The van der Waals surface area contributed by atoms with E-state index in [1.54, 1.807) is 26.2 Å². The van der Waals surface area contributed by atoms with Crippen LogP contribution in [-0.4, -0.2) is 18.2 Å². The van der Waals surface area contributed by atoms with Crippen LogP contribution < -0.4 is 14.8 Å². The Bertz CT molecular complexity index is 1070. The van der Waals surface area contributed by atoms with Crippen molar-refractivity contribution >= 4 is 39.2 Å². The van der Waals surface area contributed by atoms with Gasteiger partial charge in [0.1, 0.15) is 6.61 Å². The smallest absolute Gasteiger partial charge is 0.336 e. The van der Waals surface area contributed by atoms with E-state index in [0.717, 1.165) is 21.3 Å². The van der Waals surface area contributed by atoms with E-state index in [4.69, 9.17) is 21.1 Å². The highest BCUT2D eigenvalue weighted by atomic mass is 79.9. The summed E-state index contributed by atoms with van der Waals surface area (Å²) in [6, 6.07) is 16.4. The molecular weight excluding hydrogens is 470 g/mol. The average Bonchev–Trinajstić information content (AvgIpc) is 2.72. The lowest BCUT2D eigenvalue weighted by molar-refractivity contribution is 0.0696. The van der Waals surface area contributed by atoms with Gasteiger partial charge in [0.15, 0.2) is 11.5 Å². The Hall–Kier alpha value is -2.70. The molecule has 0 radical (unpaired) electrons. The van der Waals surface area contributed by atoms with Crippen LogP contribution in [-0.2, 0) is 13.2 Å². The summed E-state index contributed by atoms with van der Waals surface area (Å²) in [5, 5.41) is 13.3. The molecule has 0 saturated carbocycles. The molecule has 0 aliphatic carbocycles. The lowest BCUT2D eigenvalue weighted by Crippen LogP contribution is -2.08. The van der Waals surface area contributed by atoms with Crippen molar-refractivity contribution in [2.45, 2.75) is 20.1 Å². The first-order valence-electron chi connectivity index (χ1n) is 9.20. The number of anilines is 1. The van der Waals surface area contributed by atoms with Crippen molar-refractivity contribution in [3.8, 4) is 11.5 Å². The predicted molar refractivity (Wildman–Crippen MR) is 122 cm³/mol. The first kappa shape index (κ1) is 22.0. The second-order valence-electron chi connectivity index (χ2n) is 6.61. The Labute approximate surface area is 188 Å². The average molecular weight is 491 g/mol. The minimum absolute atomic E-state index is 0.266. The Kier molecular flexibility index (Phi) is 7.24. The van der Waals surface area contributed by atoms with E-state index in [1.165, 1.54) is 0 Å². The number of ether oxygens (including phenoxy) is 2. The Balaban J connectivity index is 1.87. The third-order valence-corrected chi connectivity index (χ3v) is 5.66. The number of methoxy groups -OCH3 is 1. The van der Waals surface area contributed by atoms with Crippen LogP contribution in [0.4, 0.5) is 5.69 Å². The summed E-state index contributed by atoms with van der Waals surface area (Å²) in [5.41, 5.74) is 3.47. The maximum Gasteiger partial charge on any atom is 0.336 e. The zero-order valence-corrected chi connectivity index (χ0v) is 18.9. The highest BCUT2D eigenvalue weighted by Crippen LogP contribution is 2.37. The van der Waals surface area contributed by atoms with Gasteiger partial charge >= 0.3 is 5.97 Å². The summed E-state index contributed by atoms with van der Waals surface area (Å²) < 4.78 is 12.5. The van der Waals surface area contributed by atoms with Gasteiger partial charge in [-0.15, -0.1) is 0 Å². The number of carboxylic acid groups (broad SMARTS) is 1. The molecule has 2 N–H and O–H groups in total. The maximum atomic E-state index is 11.4. The molecule has 0 amide bonds. The number of carboxylic acids is 1. The molecule has 156 valence electrons. The third kappa shape index (κ3) is 5.07. The van der Waals surface area contributed by atoms with Crippen molar-refractivity contribution in [1.29, 1.82) is 0 Å². The van der Waals surface area contributed by atoms with Crippen LogP contribution in [0.5, 0.6) is 11.5 Å². The molecular formula is C23H21BrClNO4. The molecule has 3 aromatic rings. The number of halogens is 2. The summed E-state index contributed by atoms with van der Waals surface area (Å²) in [6.07, 6.45) is 0. The van der Waals surface area contributed by atoms with Crippen LogP contribution in [0.1, 0.15) is 27.0 Å². The van der Waals surface area contributed by atoms with E-state index in [9.17, 15) is 9.90 Å². The number of hydrogen-bond donors (Lipinski definition) is 2. The van der Waals surface area contributed by atoms with Crippen molar-refractivity contribution < 1.29 is 19.4 Å². The molecule has 7 heteroatoms. The number of benzene rings is 3. The maximum absolute atomic E-state index is 11.4. The van der Waals surface area contributed by atoms with Gasteiger partial charge in [-0.2, -0.15) is 0 Å². The zero-order chi connectivity index (χ0) is 21.7. The summed E-state index contributed by atoms with van der Waals surface area (Å²) in [5.74, 6) is 0.253. The summed E-state index contributed by atoms with van der Waals surface area (Å²) >= 11 is 9.66. The van der Waals surface area contributed by atoms with Gasteiger partial charge in [-0.3, -0.25) is 0 Å². The molecule has 3 rings (SSSR count). The molecule has 0 atom stereocenters. The van der Waals surface area contributed by atoms with Crippen molar-refractivity contribution in [1.82, 2.24) is 0 Å². The molecule has 0 aliphatic heterocycles. The van der Waals surface area contributed by atoms with Crippen LogP contribution in [0.2, 0.25) is 5.02 Å². The van der Waals surface area contributed by atoms with Gasteiger partial charge in [-0.1, -0.05) is 45.7 Å². The molecule has 0 aromatic heterocycles. The van der Waals surface area contributed by atoms with Crippen LogP contribution in [0.25, 0.3) is 0 Å². The van der Waals surface area contributed by atoms with Gasteiger partial charge in [0.05, 0.1) is 12.7 Å². The molecule has 0 aliphatic rings. The Morgan fingerprint density at radius 3 is 2.63 bits per heavy atom. The van der Waals surface area contributed by atoms with Crippen molar-refractivity contribution in [2.24, 2.45) is 0 Å². The van der Waals surface area contributed by atoms with Crippen molar-refractivity contribution in [2.75, 3.05) is 12.4 Å². The highest BCUT2D eigenvalue weighted by molar-refractivity contribution is 9.10. The van der Waals surface area contributed by atoms with Gasteiger partial charge in [0, 0.05) is 27.3 Å². The van der Waals surface area contributed by atoms with Crippen LogP contribution in [0.3, 0.4) is 0 Å². The fraction of sp³-hybridized carbons (Fsp3) is 0.174. The normalized spacial score (nSPS) is 10.5. The standard InChI is InChI=1S/C23H21BrClNO4/c1-14-17(23(27)28)7-4-8-20(14)26-12-18-19(24)9-10-21(29-2)22(18)30-13-15-5-3-6-16(25)11-15/h3-11,26H,12-13H2,1-2H3,(H,27,28). The topological polar surface area (TPSA) is 67.8 Å². The highest BCUT2D eigenvalue weighted by Gasteiger charge is 2.16. The first-order chi connectivity index (χ1) is 14.4. The molecule has 0 saturated heterocycles. The fourth-order valence-corrected chi connectivity index (χ4v) is 3.76. The SMILES string of the molecule is COc1ccc(Br)c(CNc2cccc(C(=O)O)c2C)c1OCc1cccc(Cl)c1. The van der Waals surface area contributed by atoms with E-state index >= 15 is 0 Å². The quantitative estimate of drug-likeness (QED) is 0.387. The second kappa shape index (κ2) is 9.87. The van der Waals surface area contributed by atoms with Crippen LogP contribution in [0, 0.1) is 6.92 Å². The molecule has 0 heterocycles. The number of rotatable bonds is 8. The summed E-state index contributed by atoms with van der Waals surface area (Å²) in [6.45, 7) is 2.52. The summed E-state index contributed by atoms with van der Waals surface area (Å²) in [7, 11) is 1.59. The lowest BCUT2D eigenvalue weighted by atomic mass is 10.1. The van der Waals surface area contributed by atoms with E-state index in [2.05, 4.69) is 21.2 Å². The van der Waals surface area contributed by atoms with Gasteiger partial charge < -0.3 is 19.9 Å². The van der Waals surface area contributed by atoms with E-state index < -0.39 is 5.97 Å². The Morgan fingerprint density at radius 2 is 1.93 bits per heavy atom. The molecule has 0 fully saturated rings. The van der Waals surface area contributed by atoms with Crippen molar-refractivity contribution in [3.63, 3.8) is 0 Å². The lowest BCUT2D eigenvalue weighted by Gasteiger charge is -2.18. The van der Waals surface area contributed by atoms with Crippen LogP contribution in [0.15, 0.2) is 59.1 Å². The number of aromatic carboxylic acids is 1. The van der Waals surface area contributed by atoms with Crippen LogP contribution >= 0.6 is 27.5 Å². The molecule has 0 spiro atoms. The third-order valence-electron chi connectivity index (χ3n) is 4.68. The number of carbonyl (C=O) groups is 1.